The van der Waals surface area contributed by atoms with E-state index < -0.39 is 0 Å². The van der Waals surface area contributed by atoms with Crippen molar-refractivity contribution in [2.24, 2.45) is 34.5 Å². The van der Waals surface area contributed by atoms with Crippen LogP contribution in [-0.2, 0) is 0 Å². The summed E-state index contributed by atoms with van der Waals surface area (Å²) in [7, 11) is 0. The molecule has 0 saturated heterocycles. The fourth-order valence-electron chi connectivity index (χ4n) is 7.15. The third-order valence-corrected chi connectivity index (χ3v) is 8.59. The van der Waals surface area contributed by atoms with Crippen LogP contribution in [0.5, 0.6) is 0 Å². The normalized spacial score (nSPS) is 50.4. The van der Waals surface area contributed by atoms with Crippen molar-refractivity contribution in [1.29, 1.82) is 0 Å². The topological polar surface area (TPSA) is 44.8 Å². The molecule has 3 saturated carbocycles. The van der Waals surface area contributed by atoms with Gasteiger partial charge in [0.1, 0.15) is 0 Å². The fourth-order valence-corrected chi connectivity index (χ4v) is 7.15. The van der Waals surface area contributed by atoms with Gasteiger partial charge in [0.15, 0.2) is 6.20 Å². The van der Waals surface area contributed by atoms with Crippen LogP contribution in [0.3, 0.4) is 0 Å². The molecule has 0 heterocycles. The molecule has 3 nitrogen and oxygen atoms in total. The van der Waals surface area contributed by atoms with Crippen LogP contribution in [0, 0.1) is 41.1 Å². The monoisotopic (exact) mass is 341 g/mol. The third kappa shape index (κ3) is 2.37. The Morgan fingerprint density at radius 3 is 2.76 bits per heavy atom. The molecule has 25 heavy (non-hydrogen) atoms. The van der Waals surface area contributed by atoms with Gasteiger partial charge in [0, 0.05) is 12.5 Å². The molecule has 0 amide bonds. The molecule has 0 aromatic rings. The largest absolute Gasteiger partial charge is 0.396 e. The lowest BCUT2D eigenvalue weighted by atomic mass is 9.47. The quantitative estimate of drug-likeness (QED) is 0.551. The van der Waals surface area contributed by atoms with Gasteiger partial charge in [0.25, 0.3) is 0 Å². The summed E-state index contributed by atoms with van der Waals surface area (Å²) in [5.74, 6) is 2.07. The molecule has 4 aliphatic rings. The standard InChI is InChI=1S/C22H31NO2/c1-21-9-8-19-17(18(21)7-5-16(21)12-23-3)6-4-15-10-20(25)14(13-24)11-22(15,19)2/h4,12,14,17-20,24-25H,5-11,13H2,1-2H3/b16-12-/t14-,17+,18+,19+,20+,21-,22+/m1/s1. The van der Waals surface area contributed by atoms with E-state index in [1.165, 1.54) is 30.4 Å². The van der Waals surface area contributed by atoms with Crippen LogP contribution < -0.4 is 0 Å². The molecule has 0 aromatic heterocycles. The Kier molecular flexibility index (Phi) is 4.13. The Morgan fingerprint density at radius 2 is 2.04 bits per heavy atom. The summed E-state index contributed by atoms with van der Waals surface area (Å²) in [6.45, 7) is 12.1. The van der Waals surface area contributed by atoms with Crippen molar-refractivity contribution in [3.8, 4) is 0 Å². The molecule has 0 unspecified atom stereocenters. The van der Waals surface area contributed by atoms with Gasteiger partial charge in [-0.25, -0.2) is 4.85 Å². The van der Waals surface area contributed by atoms with Crippen LogP contribution in [0.4, 0.5) is 0 Å². The number of nitrogens with zero attached hydrogens (tertiary/aromatic N) is 1. The lowest BCUT2D eigenvalue weighted by molar-refractivity contribution is -0.0554. The number of aliphatic hydroxyl groups is 2. The molecule has 0 spiro atoms. The Hall–Kier alpha value is -1.11. The van der Waals surface area contributed by atoms with Crippen molar-refractivity contribution >= 4 is 0 Å². The lowest BCUT2D eigenvalue weighted by Crippen LogP contribution is -2.51. The highest BCUT2D eigenvalue weighted by Crippen LogP contribution is 2.66. The van der Waals surface area contributed by atoms with E-state index in [4.69, 9.17) is 6.57 Å². The minimum absolute atomic E-state index is 0.0235. The summed E-state index contributed by atoms with van der Waals surface area (Å²) in [4.78, 5) is 3.59. The molecule has 4 aliphatic carbocycles. The van der Waals surface area contributed by atoms with Gasteiger partial charge < -0.3 is 10.2 Å². The van der Waals surface area contributed by atoms with E-state index in [1.54, 1.807) is 0 Å². The maximum Gasteiger partial charge on any atom is 0.154 e. The first-order valence-corrected chi connectivity index (χ1v) is 9.98. The summed E-state index contributed by atoms with van der Waals surface area (Å²) >= 11 is 0. The van der Waals surface area contributed by atoms with E-state index in [-0.39, 0.29) is 29.5 Å². The van der Waals surface area contributed by atoms with Gasteiger partial charge in [-0.05, 0) is 73.5 Å². The van der Waals surface area contributed by atoms with Gasteiger partial charge in [-0.3, -0.25) is 0 Å². The van der Waals surface area contributed by atoms with E-state index >= 15 is 0 Å². The van der Waals surface area contributed by atoms with E-state index in [1.807, 2.05) is 6.20 Å². The number of rotatable bonds is 1. The van der Waals surface area contributed by atoms with Crippen LogP contribution in [0.1, 0.15) is 58.8 Å². The average molecular weight is 341 g/mol. The fraction of sp³-hybridized carbons (Fsp3) is 0.773. The van der Waals surface area contributed by atoms with Crippen LogP contribution in [0.25, 0.3) is 4.85 Å². The van der Waals surface area contributed by atoms with Gasteiger partial charge in [-0.2, -0.15) is 0 Å². The average Bonchev–Trinajstić information content (AvgIpc) is 2.92. The van der Waals surface area contributed by atoms with Gasteiger partial charge >= 0.3 is 0 Å². The number of allylic oxidation sites excluding steroid dienone is 2. The summed E-state index contributed by atoms with van der Waals surface area (Å²) in [6, 6.07) is 0. The van der Waals surface area contributed by atoms with Crippen molar-refractivity contribution in [3.05, 3.63) is 34.8 Å². The lowest BCUT2D eigenvalue weighted by Gasteiger charge is -2.58. The predicted molar refractivity (Wildman–Crippen MR) is 98.4 cm³/mol. The molecule has 3 heteroatoms. The molecule has 0 aliphatic heterocycles. The number of hydrogen-bond donors (Lipinski definition) is 2. The summed E-state index contributed by atoms with van der Waals surface area (Å²) in [5, 5.41) is 20.1. The first kappa shape index (κ1) is 17.3. The Bertz CT molecular complexity index is 659. The molecule has 0 aromatic carbocycles. The van der Waals surface area contributed by atoms with Crippen molar-refractivity contribution in [3.63, 3.8) is 0 Å². The van der Waals surface area contributed by atoms with Crippen molar-refractivity contribution in [2.75, 3.05) is 6.61 Å². The van der Waals surface area contributed by atoms with E-state index in [0.29, 0.717) is 17.8 Å². The van der Waals surface area contributed by atoms with E-state index in [0.717, 1.165) is 25.7 Å². The molecule has 0 radical (unpaired) electrons. The van der Waals surface area contributed by atoms with Crippen LogP contribution in [0.2, 0.25) is 0 Å². The van der Waals surface area contributed by atoms with Crippen molar-refractivity contribution in [2.45, 2.75) is 64.9 Å². The first-order valence-electron chi connectivity index (χ1n) is 9.98. The second-order valence-corrected chi connectivity index (χ2v) is 9.46. The van der Waals surface area contributed by atoms with Crippen LogP contribution >= 0.6 is 0 Å². The zero-order valence-corrected chi connectivity index (χ0v) is 15.5. The second-order valence-electron chi connectivity index (χ2n) is 9.46. The third-order valence-electron chi connectivity index (χ3n) is 8.59. The molecular weight excluding hydrogens is 310 g/mol. The minimum Gasteiger partial charge on any atom is -0.396 e. The maximum atomic E-state index is 10.4. The van der Waals surface area contributed by atoms with Gasteiger partial charge in [-0.1, -0.05) is 31.1 Å². The highest BCUT2D eigenvalue weighted by atomic mass is 16.3. The SMILES string of the molecule is [C-]#[N+]/C=C1/CC[C@H]2[C@@H]3CC=C4C[C@H](O)[C@@H](CO)C[C@]4(C)[C@H]3CC[C@]12C. The summed E-state index contributed by atoms with van der Waals surface area (Å²) in [6.07, 6.45) is 11.4. The van der Waals surface area contributed by atoms with Crippen LogP contribution in [-0.4, -0.2) is 22.9 Å². The minimum atomic E-state index is -0.380. The summed E-state index contributed by atoms with van der Waals surface area (Å²) in [5.41, 5.74) is 3.20. The number of aliphatic hydroxyl groups excluding tert-OH is 2. The first-order chi connectivity index (χ1) is 11.9. The van der Waals surface area contributed by atoms with E-state index in [2.05, 4.69) is 24.8 Å². The molecule has 0 bridgehead atoms. The maximum absolute atomic E-state index is 10.4. The highest BCUT2D eigenvalue weighted by Gasteiger charge is 2.57. The van der Waals surface area contributed by atoms with Gasteiger partial charge in [0.05, 0.1) is 12.7 Å². The van der Waals surface area contributed by atoms with Crippen molar-refractivity contribution < 1.29 is 10.2 Å². The Morgan fingerprint density at radius 1 is 1.28 bits per heavy atom. The zero-order chi connectivity index (χ0) is 17.8. The predicted octanol–water partition coefficient (Wildman–Crippen LogP) is 4.33. The molecule has 4 rings (SSSR count). The Labute approximate surface area is 151 Å². The van der Waals surface area contributed by atoms with Gasteiger partial charge in [-0.15, -0.1) is 0 Å². The highest BCUT2D eigenvalue weighted by molar-refractivity contribution is 5.30. The van der Waals surface area contributed by atoms with Gasteiger partial charge in [0.2, 0.25) is 0 Å². The molecule has 3 fully saturated rings. The van der Waals surface area contributed by atoms with E-state index in [9.17, 15) is 10.2 Å². The number of fused-ring (bicyclic) bond motifs is 5. The molecule has 7 atom stereocenters. The molecule has 2 N–H and O–H groups in total. The van der Waals surface area contributed by atoms with Crippen LogP contribution in [0.15, 0.2) is 23.4 Å². The molecule has 136 valence electrons. The Balaban J connectivity index is 1.67. The molecular formula is C22H31NO2. The number of hydrogen-bond acceptors (Lipinski definition) is 2. The summed E-state index contributed by atoms with van der Waals surface area (Å²) < 4.78 is 0. The zero-order valence-electron chi connectivity index (χ0n) is 15.5. The smallest absolute Gasteiger partial charge is 0.154 e. The van der Waals surface area contributed by atoms with Crippen molar-refractivity contribution in [1.82, 2.24) is 0 Å². The second kappa shape index (κ2) is 5.96.